The van der Waals surface area contributed by atoms with E-state index in [1.165, 1.54) is 63.5 Å². The van der Waals surface area contributed by atoms with Crippen molar-refractivity contribution in [1.29, 1.82) is 0 Å². The maximum absolute atomic E-state index is 13.9. The number of anilines is 2. The fourth-order valence-corrected chi connectivity index (χ4v) is 5.26. The topological polar surface area (TPSA) is 83.3 Å². The number of halogens is 2. The molecule has 2 N–H and O–H groups in total. The molecule has 1 aliphatic heterocycles. The van der Waals surface area contributed by atoms with Gasteiger partial charge in [0.25, 0.3) is 11.8 Å². The zero-order chi connectivity index (χ0) is 24.2. The molecule has 9 heteroatoms. The maximum Gasteiger partial charge on any atom is 0.315 e. The summed E-state index contributed by atoms with van der Waals surface area (Å²) in [7, 11) is 0. The number of nitrogens with zero attached hydrogens (tertiary/aromatic N) is 3. The van der Waals surface area contributed by atoms with E-state index in [2.05, 4.69) is 25.7 Å². The van der Waals surface area contributed by atoms with Gasteiger partial charge in [0, 0.05) is 18.3 Å². The van der Waals surface area contributed by atoms with Crippen molar-refractivity contribution in [3.8, 4) is 11.5 Å². The third-order valence-corrected chi connectivity index (χ3v) is 7.20. The Morgan fingerprint density at radius 3 is 2.60 bits per heavy atom. The van der Waals surface area contributed by atoms with E-state index in [9.17, 15) is 9.18 Å². The van der Waals surface area contributed by atoms with Crippen LogP contribution in [0.4, 0.5) is 16.1 Å². The first-order chi connectivity index (χ1) is 17.0. The molecular formula is C26H29ClFN5O2. The van der Waals surface area contributed by atoms with E-state index in [1.54, 1.807) is 24.3 Å². The second-order valence-electron chi connectivity index (χ2n) is 9.41. The molecule has 2 aromatic carbocycles. The summed E-state index contributed by atoms with van der Waals surface area (Å²) in [6.07, 6.45) is 7.28. The number of hydrogen-bond acceptors (Lipinski definition) is 6. The lowest BCUT2D eigenvalue weighted by atomic mass is 9.86. The lowest BCUT2D eigenvalue weighted by Gasteiger charge is -2.31. The van der Waals surface area contributed by atoms with Gasteiger partial charge in [-0.25, -0.2) is 4.39 Å². The zero-order valence-electron chi connectivity index (χ0n) is 19.5. The van der Waals surface area contributed by atoms with Gasteiger partial charge in [-0.2, -0.15) is 0 Å². The zero-order valence-corrected chi connectivity index (χ0v) is 20.2. The van der Waals surface area contributed by atoms with Crippen LogP contribution in [0, 0.1) is 11.7 Å². The monoisotopic (exact) mass is 497 g/mol. The van der Waals surface area contributed by atoms with Crippen molar-refractivity contribution in [3.05, 3.63) is 58.9 Å². The van der Waals surface area contributed by atoms with Crippen molar-refractivity contribution < 1.29 is 13.6 Å². The molecule has 1 saturated heterocycles. The van der Waals surface area contributed by atoms with Crippen LogP contribution in [0.2, 0.25) is 5.02 Å². The quantitative estimate of drug-likeness (QED) is 0.426. The first kappa shape index (κ1) is 23.8. The van der Waals surface area contributed by atoms with Crippen molar-refractivity contribution in [2.45, 2.75) is 44.6 Å². The highest BCUT2D eigenvalue weighted by atomic mass is 35.5. The number of carbonyl (C=O) groups excluding carboxylic acids is 1. The molecule has 0 atom stereocenters. The Kier molecular flexibility index (Phi) is 7.29. The molecule has 0 spiro atoms. The van der Waals surface area contributed by atoms with Gasteiger partial charge >= 0.3 is 6.01 Å². The summed E-state index contributed by atoms with van der Waals surface area (Å²) >= 11 is 6.43. The number of benzene rings is 2. The molecule has 0 unspecified atom stereocenters. The Balaban J connectivity index is 1.16. The Hall–Kier alpha value is -2.97. The van der Waals surface area contributed by atoms with Crippen LogP contribution >= 0.6 is 11.6 Å². The van der Waals surface area contributed by atoms with Crippen LogP contribution in [-0.4, -0.2) is 46.7 Å². The van der Waals surface area contributed by atoms with Gasteiger partial charge < -0.3 is 20.0 Å². The van der Waals surface area contributed by atoms with E-state index in [0.29, 0.717) is 34.2 Å². The fourth-order valence-electron chi connectivity index (χ4n) is 4.99. The molecule has 1 saturated carbocycles. The molecule has 2 heterocycles. The van der Waals surface area contributed by atoms with Crippen LogP contribution in [0.15, 0.2) is 46.9 Å². The van der Waals surface area contributed by atoms with Crippen LogP contribution in [0.25, 0.3) is 11.5 Å². The van der Waals surface area contributed by atoms with Gasteiger partial charge in [-0.1, -0.05) is 28.8 Å². The standard InChI is InChI=1S/C26H29ClFN5O2/c27-22-15-19(29-24(34)21-5-1-2-6-23(21)28)11-12-20(22)25-31-32-26(35-25)30-18-9-7-17(8-10-18)16-33-13-3-4-14-33/h1-2,5-6,11-12,15,17-18H,3-4,7-10,13-14,16H2,(H,29,34)(H,30,32). The number of amides is 1. The van der Waals surface area contributed by atoms with Crippen molar-refractivity contribution in [2.75, 3.05) is 30.3 Å². The maximum atomic E-state index is 13.9. The lowest BCUT2D eigenvalue weighted by molar-refractivity contribution is 0.102. The summed E-state index contributed by atoms with van der Waals surface area (Å²) in [6, 6.07) is 11.5. The van der Waals surface area contributed by atoms with Crippen molar-refractivity contribution >= 4 is 29.2 Å². The summed E-state index contributed by atoms with van der Waals surface area (Å²) in [5, 5.41) is 14.7. The lowest BCUT2D eigenvalue weighted by Crippen LogP contribution is -2.32. The molecule has 35 heavy (non-hydrogen) atoms. The summed E-state index contributed by atoms with van der Waals surface area (Å²) in [5.41, 5.74) is 0.964. The normalized spacial score (nSPS) is 20.6. The molecule has 0 bridgehead atoms. The summed E-state index contributed by atoms with van der Waals surface area (Å²) in [4.78, 5) is 15.0. The third kappa shape index (κ3) is 5.82. The molecule has 5 rings (SSSR count). The van der Waals surface area contributed by atoms with E-state index in [-0.39, 0.29) is 5.56 Å². The van der Waals surface area contributed by atoms with Crippen LogP contribution in [0.5, 0.6) is 0 Å². The second-order valence-corrected chi connectivity index (χ2v) is 9.82. The van der Waals surface area contributed by atoms with Gasteiger partial charge in [0.1, 0.15) is 5.82 Å². The van der Waals surface area contributed by atoms with Crippen LogP contribution in [0.1, 0.15) is 48.9 Å². The minimum atomic E-state index is -0.585. The smallest absolute Gasteiger partial charge is 0.315 e. The first-order valence-corrected chi connectivity index (χ1v) is 12.6. The van der Waals surface area contributed by atoms with E-state index in [4.69, 9.17) is 16.0 Å². The molecule has 1 aliphatic carbocycles. The Morgan fingerprint density at radius 2 is 1.86 bits per heavy atom. The number of carbonyl (C=O) groups is 1. The molecule has 3 aromatic rings. The highest BCUT2D eigenvalue weighted by Crippen LogP contribution is 2.32. The molecule has 0 radical (unpaired) electrons. The largest absolute Gasteiger partial charge is 0.403 e. The fraction of sp³-hybridized carbons (Fsp3) is 0.423. The van der Waals surface area contributed by atoms with Crippen LogP contribution < -0.4 is 10.6 Å². The number of nitrogens with one attached hydrogen (secondary N) is 2. The Labute approximate surface area is 209 Å². The summed E-state index contributed by atoms with van der Waals surface area (Å²) < 4.78 is 19.7. The van der Waals surface area contributed by atoms with Gasteiger partial charge in [-0.05, 0) is 87.9 Å². The average Bonchev–Trinajstić information content (AvgIpc) is 3.53. The average molecular weight is 498 g/mol. The molecule has 1 aromatic heterocycles. The molecule has 7 nitrogen and oxygen atoms in total. The van der Waals surface area contributed by atoms with E-state index >= 15 is 0 Å². The molecular weight excluding hydrogens is 469 g/mol. The van der Waals surface area contributed by atoms with Gasteiger partial charge in [0.2, 0.25) is 0 Å². The van der Waals surface area contributed by atoms with Crippen molar-refractivity contribution in [2.24, 2.45) is 5.92 Å². The molecule has 184 valence electrons. The third-order valence-electron chi connectivity index (χ3n) is 6.89. The van der Waals surface area contributed by atoms with Gasteiger partial charge in [0.05, 0.1) is 16.1 Å². The minimum Gasteiger partial charge on any atom is -0.403 e. The SMILES string of the molecule is O=C(Nc1ccc(-c2nnc(NC3CCC(CN4CCCC4)CC3)o2)c(Cl)c1)c1ccccc1F. The van der Waals surface area contributed by atoms with Crippen molar-refractivity contribution in [1.82, 2.24) is 15.1 Å². The van der Waals surface area contributed by atoms with E-state index in [1.807, 2.05) is 0 Å². The number of hydrogen-bond donors (Lipinski definition) is 2. The van der Waals surface area contributed by atoms with E-state index < -0.39 is 11.7 Å². The van der Waals surface area contributed by atoms with Gasteiger partial charge in [-0.15, -0.1) is 5.10 Å². The first-order valence-electron chi connectivity index (χ1n) is 12.2. The summed E-state index contributed by atoms with van der Waals surface area (Å²) in [6.45, 7) is 3.74. The molecule has 2 aliphatic rings. The Bertz CT molecular complexity index is 1170. The molecule has 1 amide bonds. The number of rotatable bonds is 7. The molecule has 2 fully saturated rings. The Morgan fingerprint density at radius 1 is 1.09 bits per heavy atom. The van der Waals surface area contributed by atoms with E-state index in [0.717, 1.165) is 18.8 Å². The number of aromatic nitrogens is 2. The predicted molar refractivity (Wildman–Crippen MR) is 134 cm³/mol. The second kappa shape index (κ2) is 10.7. The van der Waals surface area contributed by atoms with Gasteiger partial charge in [0.15, 0.2) is 0 Å². The van der Waals surface area contributed by atoms with Crippen LogP contribution in [-0.2, 0) is 0 Å². The van der Waals surface area contributed by atoms with Crippen LogP contribution in [0.3, 0.4) is 0 Å². The minimum absolute atomic E-state index is 0.0367. The highest BCUT2D eigenvalue weighted by Gasteiger charge is 2.25. The van der Waals surface area contributed by atoms with Crippen molar-refractivity contribution in [3.63, 3.8) is 0 Å². The summed E-state index contributed by atoms with van der Waals surface area (Å²) in [5.74, 6) is -0.0576. The van der Waals surface area contributed by atoms with Gasteiger partial charge in [-0.3, -0.25) is 4.79 Å². The highest BCUT2D eigenvalue weighted by molar-refractivity contribution is 6.33. The predicted octanol–water partition coefficient (Wildman–Crippen LogP) is 5.85. The number of likely N-dealkylation sites (tertiary alicyclic amines) is 1.